The normalized spacial score (nSPS) is 22.2. The van der Waals surface area contributed by atoms with E-state index < -0.39 is 28.5 Å². The molecule has 0 saturated carbocycles. The van der Waals surface area contributed by atoms with Gasteiger partial charge in [-0.05, 0) is 27.7 Å². The van der Waals surface area contributed by atoms with Crippen LogP contribution in [0.3, 0.4) is 0 Å². The summed E-state index contributed by atoms with van der Waals surface area (Å²) in [5.41, 5.74) is -1.43. The van der Waals surface area contributed by atoms with E-state index in [2.05, 4.69) is 5.32 Å². The third-order valence-electron chi connectivity index (χ3n) is 5.26. The molecule has 3 rings (SSSR count). The minimum atomic E-state index is -1.53. The number of ketones is 3. The maximum Gasteiger partial charge on any atom is 0.194 e. The van der Waals surface area contributed by atoms with E-state index in [1.807, 2.05) is 0 Å². The standard InChI is InChI=1S/C20H21NO7/c1-8-16(25)14(10(3)23)18-15(17(8)26)20(4)12(28-18)7-11(24)13(19(20)27)9(2)21-5-6-22/h7,21-22,25-26H,5-6H2,1-4H3. The first kappa shape index (κ1) is 19.6. The van der Waals surface area contributed by atoms with Crippen molar-refractivity contribution in [3.8, 4) is 17.2 Å². The Morgan fingerprint density at radius 2 is 1.86 bits per heavy atom. The quantitative estimate of drug-likeness (QED) is 0.344. The van der Waals surface area contributed by atoms with Crippen LogP contribution < -0.4 is 10.1 Å². The number of benzene rings is 1. The zero-order valence-electron chi connectivity index (χ0n) is 16.0. The predicted molar refractivity (Wildman–Crippen MR) is 98.4 cm³/mol. The summed E-state index contributed by atoms with van der Waals surface area (Å²) >= 11 is 0. The minimum absolute atomic E-state index is 0.0148. The Bertz CT molecular complexity index is 1000. The SMILES string of the molecule is CC(=O)c1c(O)c(C)c(O)c2c1OC1=CC(=O)C(=C(C)NCCO)C(=O)C12C. The van der Waals surface area contributed by atoms with Crippen molar-refractivity contribution in [3.05, 3.63) is 39.8 Å². The maximum absolute atomic E-state index is 13.4. The highest BCUT2D eigenvalue weighted by atomic mass is 16.5. The van der Waals surface area contributed by atoms with Crippen LogP contribution in [0.4, 0.5) is 0 Å². The van der Waals surface area contributed by atoms with E-state index in [1.165, 1.54) is 20.8 Å². The van der Waals surface area contributed by atoms with Crippen LogP contribution in [-0.2, 0) is 15.0 Å². The van der Waals surface area contributed by atoms with Gasteiger partial charge in [-0.1, -0.05) is 0 Å². The zero-order chi connectivity index (χ0) is 21.0. The number of aromatic hydroxyl groups is 2. The van der Waals surface area contributed by atoms with E-state index in [1.54, 1.807) is 6.92 Å². The molecule has 1 aliphatic carbocycles. The lowest BCUT2D eigenvalue weighted by Gasteiger charge is -2.29. The van der Waals surface area contributed by atoms with Crippen molar-refractivity contribution in [2.75, 3.05) is 13.2 Å². The summed E-state index contributed by atoms with van der Waals surface area (Å²) in [7, 11) is 0. The van der Waals surface area contributed by atoms with Gasteiger partial charge in [0.1, 0.15) is 34.0 Å². The number of rotatable bonds is 4. The highest BCUT2D eigenvalue weighted by molar-refractivity contribution is 6.31. The number of aliphatic hydroxyl groups is 1. The highest BCUT2D eigenvalue weighted by Crippen LogP contribution is 2.57. The lowest BCUT2D eigenvalue weighted by molar-refractivity contribution is -0.123. The van der Waals surface area contributed by atoms with E-state index in [0.717, 1.165) is 6.08 Å². The van der Waals surface area contributed by atoms with Crippen molar-refractivity contribution in [2.24, 2.45) is 0 Å². The van der Waals surface area contributed by atoms with Gasteiger partial charge in [0.25, 0.3) is 0 Å². The number of Topliss-reactive ketones (excluding diaryl/α,β-unsaturated/α-hetero) is 2. The van der Waals surface area contributed by atoms with Crippen molar-refractivity contribution < 1.29 is 34.4 Å². The zero-order valence-corrected chi connectivity index (χ0v) is 16.0. The summed E-state index contributed by atoms with van der Waals surface area (Å²) in [6, 6.07) is 0. The molecular weight excluding hydrogens is 366 g/mol. The molecule has 0 radical (unpaired) electrons. The fourth-order valence-electron chi connectivity index (χ4n) is 3.69. The summed E-state index contributed by atoms with van der Waals surface area (Å²) in [5, 5.41) is 32.8. The molecule has 28 heavy (non-hydrogen) atoms. The average Bonchev–Trinajstić information content (AvgIpc) is 2.91. The molecule has 0 amide bonds. The molecule has 2 aliphatic rings. The molecule has 0 bridgehead atoms. The minimum Gasteiger partial charge on any atom is -0.507 e. The maximum atomic E-state index is 13.4. The molecule has 1 aromatic carbocycles. The number of nitrogens with one attached hydrogen (secondary N) is 1. The van der Waals surface area contributed by atoms with Crippen LogP contribution in [0, 0.1) is 6.92 Å². The molecule has 1 aromatic rings. The topological polar surface area (TPSA) is 133 Å². The summed E-state index contributed by atoms with van der Waals surface area (Å²) in [6.45, 7) is 5.67. The molecule has 1 aliphatic heterocycles. The summed E-state index contributed by atoms with van der Waals surface area (Å²) < 4.78 is 5.67. The van der Waals surface area contributed by atoms with Crippen LogP contribution in [-0.4, -0.2) is 45.8 Å². The number of carbonyl (C=O) groups is 3. The molecule has 1 atom stereocenters. The Labute approximate surface area is 161 Å². The van der Waals surface area contributed by atoms with E-state index >= 15 is 0 Å². The number of hydrogen-bond acceptors (Lipinski definition) is 8. The van der Waals surface area contributed by atoms with Gasteiger partial charge in [0, 0.05) is 23.9 Å². The van der Waals surface area contributed by atoms with E-state index in [4.69, 9.17) is 9.84 Å². The third-order valence-corrected chi connectivity index (χ3v) is 5.26. The highest BCUT2D eigenvalue weighted by Gasteiger charge is 2.56. The molecule has 0 fully saturated rings. The van der Waals surface area contributed by atoms with Gasteiger partial charge in [-0.15, -0.1) is 0 Å². The molecule has 0 spiro atoms. The summed E-state index contributed by atoms with van der Waals surface area (Å²) in [6.07, 6.45) is 1.15. The lowest BCUT2D eigenvalue weighted by atomic mass is 9.70. The molecule has 8 heteroatoms. The molecule has 0 saturated heterocycles. The van der Waals surface area contributed by atoms with Crippen molar-refractivity contribution in [1.82, 2.24) is 5.32 Å². The number of hydrogen-bond donors (Lipinski definition) is 4. The van der Waals surface area contributed by atoms with E-state index in [-0.39, 0.29) is 58.4 Å². The number of fused-ring (bicyclic) bond motifs is 3. The Morgan fingerprint density at radius 3 is 2.43 bits per heavy atom. The predicted octanol–water partition coefficient (Wildman–Crippen LogP) is 1.15. The molecule has 8 nitrogen and oxygen atoms in total. The van der Waals surface area contributed by atoms with Gasteiger partial charge in [0.05, 0.1) is 17.7 Å². The van der Waals surface area contributed by atoms with Crippen molar-refractivity contribution in [3.63, 3.8) is 0 Å². The second-order valence-corrected chi connectivity index (χ2v) is 7.04. The summed E-state index contributed by atoms with van der Waals surface area (Å²) in [4.78, 5) is 38.0. The molecule has 0 aromatic heterocycles. The van der Waals surface area contributed by atoms with Gasteiger partial charge >= 0.3 is 0 Å². The second kappa shape index (κ2) is 6.49. The fraction of sp³-hybridized carbons (Fsp3) is 0.350. The van der Waals surface area contributed by atoms with Crippen LogP contribution >= 0.6 is 0 Å². The lowest BCUT2D eigenvalue weighted by Crippen LogP contribution is -2.41. The molecular formula is C20H21NO7. The fourth-order valence-corrected chi connectivity index (χ4v) is 3.69. The number of phenolic OH excluding ortho intramolecular Hbond substituents is 2. The molecule has 1 unspecified atom stereocenters. The number of phenols is 2. The monoisotopic (exact) mass is 387 g/mol. The van der Waals surface area contributed by atoms with Gasteiger partial charge in [0.15, 0.2) is 17.3 Å². The van der Waals surface area contributed by atoms with Crippen LogP contribution in [0.5, 0.6) is 17.2 Å². The van der Waals surface area contributed by atoms with Gasteiger partial charge in [0.2, 0.25) is 0 Å². The van der Waals surface area contributed by atoms with Crippen LogP contribution in [0.15, 0.2) is 23.1 Å². The Kier molecular flexibility index (Phi) is 4.55. The van der Waals surface area contributed by atoms with E-state index in [9.17, 15) is 24.6 Å². The van der Waals surface area contributed by atoms with Crippen LogP contribution in [0.2, 0.25) is 0 Å². The van der Waals surface area contributed by atoms with E-state index in [0.29, 0.717) is 0 Å². The Hall–Kier alpha value is -3.13. The second-order valence-electron chi connectivity index (χ2n) is 7.04. The average molecular weight is 387 g/mol. The first-order chi connectivity index (χ1) is 13.1. The molecule has 148 valence electrons. The Morgan fingerprint density at radius 1 is 1.21 bits per heavy atom. The first-order valence-electron chi connectivity index (χ1n) is 8.71. The van der Waals surface area contributed by atoms with Crippen molar-refractivity contribution >= 4 is 17.3 Å². The Balaban J connectivity index is 2.32. The largest absolute Gasteiger partial charge is 0.507 e. The van der Waals surface area contributed by atoms with Crippen molar-refractivity contribution in [1.29, 1.82) is 0 Å². The summed E-state index contributed by atoms with van der Waals surface area (Å²) in [5.74, 6) is -2.63. The van der Waals surface area contributed by atoms with Crippen LogP contribution in [0.1, 0.15) is 42.3 Å². The van der Waals surface area contributed by atoms with Crippen LogP contribution in [0.25, 0.3) is 0 Å². The van der Waals surface area contributed by atoms with Crippen molar-refractivity contribution in [2.45, 2.75) is 33.1 Å². The first-order valence-corrected chi connectivity index (χ1v) is 8.71. The smallest absolute Gasteiger partial charge is 0.194 e. The van der Waals surface area contributed by atoms with Gasteiger partial charge in [-0.25, -0.2) is 0 Å². The number of allylic oxidation sites excluding steroid dienone is 4. The number of carbonyl (C=O) groups excluding carboxylic acids is 3. The van der Waals surface area contributed by atoms with Gasteiger partial charge in [-0.2, -0.15) is 0 Å². The molecule has 4 N–H and O–H groups in total. The number of aliphatic hydroxyl groups excluding tert-OH is 1. The number of ether oxygens (including phenoxy) is 1. The van der Waals surface area contributed by atoms with Gasteiger partial charge < -0.3 is 25.4 Å². The van der Waals surface area contributed by atoms with Gasteiger partial charge in [-0.3, -0.25) is 14.4 Å². The molecule has 1 heterocycles. The third kappa shape index (κ3) is 2.45.